The minimum atomic E-state index is -4.94. The van der Waals surface area contributed by atoms with Crippen LogP contribution in [0.4, 0.5) is 32.0 Å². The first-order valence-corrected chi connectivity index (χ1v) is 6.85. The van der Waals surface area contributed by atoms with Gasteiger partial charge in [0.25, 0.3) is 0 Å². The lowest BCUT2D eigenvalue weighted by Crippen LogP contribution is -2.20. The van der Waals surface area contributed by atoms with E-state index in [0.29, 0.717) is 0 Å². The highest BCUT2D eigenvalue weighted by atomic mass is 19.4. The van der Waals surface area contributed by atoms with Crippen molar-refractivity contribution in [1.29, 1.82) is 0 Å². The molecule has 25 heavy (non-hydrogen) atoms. The molecule has 0 fully saturated rings. The number of benzene rings is 2. The zero-order valence-electron chi connectivity index (χ0n) is 12.4. The summed E-state index contributed by atoms with van der Waals surface area (Å²) in [6.45, 7) is 0. The molecule has 0 saturated heterocycles. The Hall–Kier alpha value is -2.71. The summed E-state index contributed by atoms with van der Waals surface area (Å²) in [5, 5.41) is 2.19. The summed E-state index contributed by atoms with van der Waals surface area (Å²) in [7, 11) is 0. The van der Waals surface area contributed by atoms with Crippen molar-refractivity contribution in [3.63, 3.8) is 0 Å². The van der Waals surface area contributed by atoms with E-state index in [-0.39, 0.29) is 11.3 Å². The molecular weight excluding hydrogens is 352 g/mol. The number of carbonyl (C=O) groups excluding carboxylic acids is 1. The fraction of sp³-hybridized carbons (Fsp3) is 0.188. The topological polar surface area (TPSA) is 38.3 Å². The summed E-state index contributed by atoms with van der Waals surface area (Å²) in [6.07, 6.45) is -9.94. The smallest absolute Gasteiger partial charge is 0.404 e. The molecule has 1 amide bonds. The van der Waals surface area contributed by atoms with E-state index in [1.54, 1.807) is 0 Å². The van der Waals surface area contributed by atoms with Crippen LogP contribution in [0.25, 0.3) is 0 Å². The molecule has 0 aliphatic heterocycles. The van der Waals surface area contributed by atoms with Gasteiger partial charge in [0.05, 0.1) is 17.7 Å². The van der Waals surface area contributed by atoms with Gasteiger partial charge >= 0.3 is 12.5 Å². The minimum absolute atomic E-state index is 0.0709. The molecule has 134 valence electrons. The third kappa shape index (κ3) is 5.70. The van der Waals surface area contributed by atoms with Gasteiger partial charge in [-0.3, -0.25) is 4.79 Å². The molecule has 0 atom stereocenters. The number of rotatable bonds is 4. The van der Waals surface area contributed by atoms with E-state index in [4.69, 9.17) is 0 Å². The number of nitrogens with one attached hydrogen (secondary N) is 1. The van der Waals surface area contributed by atoms with Crippen molar-refractivity contribution in [2.75, 3.05) is 5.32 Å². The van der Waals surface area contributed by atoms with Crippen LogP contribution < -0.4 is 10.1 Å². The maximum absolute atomic E-state index is 12.6. The Kier molecular flexibility index (Phi) is 5.24. The number of amides is 1. The number of carbonyl (C=O) groups is 1. The van der Waals surface area contributed by atoms with E-state index in [1.165, 1.54) is 24.3 Å². The first-order valence-electron chi connectivity index (χ1n) is 6.85. The Morgan fingerprint density at radius 3 is 2.28 bits per heavy atom. The van der Waals surface area contributed by atoms with Crippen molar-refractivity contribution >= 4 is 11.6 Å². The van der Waals surface area contributed by atoms with Crippen molar-refractivity contribution in [3.05, 3.63) is 59.7 Å². The molecule has 9 heteroatoms. The molecular formula is C16H11F6NO2. The maximum atomic E-state index is 12.6. The van der Waals surface area contributed by atoms with Gasteiger partial charge in [-0.1, -0.05) is 30.3 Å². The van der Waals surface area contributed by atoms with Gasteiger partial charge in [-0.15, -0.1) is 13.2 Å². The number of anilines is 1. The van der Waals surface area contributed by atoms with Gasteiger partial charge in [-0.25, -0.2) is 0 Å². The largest absolute Gasteiger partial charge is 0.573 e. The van der Waals surface area contributed by atoms with Crippen molar-refractivity contribution < 1.29 is 35.9 Å². The lowest BCUT2D eigenvalue weighted by molar-refractivity contribution is -0.274. The van der Waals surface area contributed by atoms with E-state index in [2.05, 4.69) is 10.1 Å². The first-order chi connectivity index (χ1) is 11.5. The van der Waals surface area contributed by atoms with E-state index in [0.717, 1.165) is 24.3 Å². The average Bonchev–Trinajstić information content (AvgIpc) is 2.47. The Morgan fingerprint density at radius 1 is 0.960 bits per heavy atom. The first kappa shape index (κ1) is 18.6. The maximum Gasteiger partial charge on any atom is 0.573 e. The summed E-state index contributed by atoms with van der Waals surface area (Å²) >= 11 is 0. The monoisotopic (exact) mass is 363 g/mol. The molecule has 2 aromatic rings. The molecule has 0 bridgehead atoms. The fourth-order valence-electron chi connectivity index (χ4n) is 2.02. The molecule has 0 heterocycles. The number of hydrogen-bond acceptors (Lipinski definition) is 2. The van der Waals surface area contributed by atoms with Crippen LogP contribution in [0, 0.1) is 0 Å². The zero-order chi connectivity index (χ0) is 18.7. The van der Waals surface area contributed by atoms with Gasteiger partial charge in [0.2, 0.25) is 5.91 Å². The molecule has 0 spiro atoms. The second-order valence-electron chi connectivity index (χ2n) is 4.97. The highest BCUT2D eigenvalue weighted by molar-refractivity contribution is 5.93. The third-order valence-corrected chi connectivity index (χ3v) is 3.01. The molecule has 0 unspecified atom stereocenters. The van der Waals surface area contributed by atoms with Crippen molar-refractivity contribution in [3.8, 4) is 5.75 Å². The number of alkyl halides is 6. The van der Waals surface area contributed by atoms with Crippen molar-refractivity contribution in [2.24, 2.45) is 0 Å². The normalized spacial score (nSPS) is 11.9. The van der Waals surface area contributed by atoms with Gasteiger partial charge in [-0.05, 0) is 23.8 Å². The van der Waals surface area contributed by atoms with E-state index in [1.807, 2.05) is 0 Å². The molecule has 0 aliphatic rings. The molecule has 0 saturated carbocycles. The number of para-hydroxylation sites is 2. The van der Waals surface area contributed by atoms with E-state index in [9.17, 15) is 31.1 Å². The molecule has 0 aliphatic carbocycles. The highest BCUT2D eigenvalue weighted by Gasteiger charge is 2.32. The number of ether oxygens (including phenoxy) is 1. The summed E-state index contributed by atoms with van der Waals surface area (Å²) in [5.74, 6) is -1.40. The van der Waals surface area contributed by atoms with Gasteiger partial charge in [0.1, 0.15) is 0 Å². The molecule has 0 radical (unpaired) electrons. The Morgan fingerprint density at radius 2 is 1.64 bits per heavy atom. The summed E-state index contributed by atoms with van der Waals surface area (Å²) < 4.78 is 78.7. The molecule has 1 N–H and O–H groups in total. The van der Waals surface area contributed by atoms with Crippen LogP contribution in [0.2, 0.25) is 0 Å². The van der Waals surface area contributed by atoms with E-state index >= 15 is 0 Å². The zero-order valence-corrected chi connectivity index (χ0v) is 12.4. The van der Waals surface area contributed by atoms with E-state index < -0.39 is 36.2 Å². The van der Waals surface area contributed by atoms with Crippen LogP contribution in [0.3, 0.4) is 0 Å². The van der Waals surface area contributed by atoms with Crippen molar-refractivity contribution in [2.45, 2.75) is 19.0 Å². The van der Waals surface area contributed by atoms with Crippen LogP contribution in [0.5, 0.6) is 5.75 Å². The van der Waals surface area contributed by atoms with Gasteiger partial charge < -0.3 is 10.1 Å². The van der Waals surface area contributed by atoms with Crippen LogP contribution in [-0.2, 0) is 17.4 Å². The minimum Gasteiger partial charge on any atom is -0.404 e. The van der Waals surface area contributed by atoms with Crippen LogP contribution in [0.15, 0.2) is 48.5 Å². The van der Waals surface area contributed by atoms with Gasteiger partial charge in [0.15, 0.2) is 5.75 Å². The quantitative estimate of drug-likeness (QED) is 0.794. The predicted molar refractivity (Wildman–Crippen MR) is 76.9 cm³/mol. The second-order valence-corrected chi connectivity index (χ2v) is 4.97. The number of halogens is 6. The lowest BCUT2D eigenvalue weighted by Gasteiger charge is -2.14. The van der Waals surface area contributed by atoms with Gasteiger partial charge in [0, 0.05) is 0 Å². The average molecular weight is 363 g/mol. The molecule has 0 aromatic heterocycles. The summed E-state index contributed by atoms with van der Waals surface area (Å²) in [6, 6.07) is 8.97. The molecule has 3 nitrogen and oxygen atoms in total. The standard InChI is InChI=1S/C16H11F6NO2/c17-15(18,19)11-5-3-4-10(8-11)9-14(24)23-12-6-1-2-7-13(12)25-16(20,21)22/h1-8H,9H2,(H,23,24). The second kappa shape index (κ2) is 7.04. The van der Waals surface area contributed by atoms with Crippen LogP contribution in [0.1, 0.15) is 11.1 Å². The lowest BCUT2D eigenvalue weighted by atomic mass is 10.1. The molecule has 2 aromatic carbocycles. The van der Waals surface area contributed by atoms with Crippen LogP contribution in [-0.4, -0.2) is 12.3 Å². The number of hydrogen-bond donors (Lipinski definition) is 1. The fourth-order valence-corrected chi connectivity index (χ4v) is 2.02. The van der Waals surface area contributed by atoms with Crippen molar-refractivity contribution in [1.82, 2.24) is 0 Å². The molecule has 2 rings (SSSR count). The Balaban J connectivity index is 2.11. The van der Waals surface area contributed by atoms with Gasteiger partial charge in [-0.2, -0.15) is 13.2 Å². The Bertz CT molecular complexity index is 755. The summed E-state index contributed by atoms with van der Waals surface area (Å²) in [5.41, 5.74) is -1.09. The highest BCUT2D eigenvalue weighted by Crippen LogP contribution is 2.31. The summed E-state index contributed by atoms with van der Waals surface area (Å²) in [4.78, 5) is 11.9. The predicted octanol–water partition coefficient (Wildman–Crippen LogP) is 4.79. The Labute approximate surface area is 138 Å². The third-order valence-electron chi connectivity index (χ3n) is 3.01. The van der Waals surface area contributed by atoms with Crippen LogP contribution >= 0.6 is 0 Å². The SMILES string of the molecule is O=C(Cc1cccc(C(F)(F)F)c1)Nc1ccccc1OC(F)(F)F.